The van der Waals surface area contributed by atoms with Gasteiger partial charge in [0.05, 0.1) is 6.61 Å². The summed E-state index contributed by atoms with van der Waals surface area (Å²) in [6.07, 6.45) is 1.33. The monoisotopic (exact) mass is 393 g/mol. The molecule has 7 nitrogen and oxygen atoms in total. The number of halogens is 1. The molecule has 1 saturated heterocycles. The maximum absolute atomic E-state index is 14.2. The fourth-order valence-corrected chi connectivity index (χ4v) is 4.15. The highest BCUT2D eigenvalue weighted by atomic mass is 32.1. The van der Waals surface area contributed by atoms with Crippen LogP contribution in [0.3, 0.4) is 0 Å². The van der Waals surface area contributed by atoms with E-state index in [0.29, 0.717) is 43.0 Å². The number of amides is 1. The van der Waals surface area contributed by atoms with Gasteiger partial charge in [-0.25, -0.2) is 14.4 Å². The summed E-state index contributed by atoms with van der Waals surface area (Å²) in [5, 5.41) is 3.24. The van der Waals surface area contributed by atoms with Crippen molar-refractivity contribution < 1.29 is 13.9 Å². The Hall–Kier alpha value is -2.13. The number of aromatic nitrogens is 3. The van der Waals surface area contributed by atoms with E-state index in [9.17, 15) is 9.18 Å². The second-order valence-corrected chi connectivity index (χ2v) is 8.03. The Morgan fingerprint density at radius 3 is 2.96 bits per heavy atom. The molecular formula is C18H24FN5O2S. The van der Waals surface area contributed by atoms with E-state index in [2.05, 4.69) is 25.2 Å². The van der Waals surface area contributed by atoms with Crippen LogP contribution >= 0.6 is 11.3 Å². The van der Waals surface area contributed by atoms with Gasteiger partial charge in [-0.2, -0.15) is 4.98 Å². The second-order valence-electron chi connectivity index (χ2n) is 6.91. The molecule has 2 aromatic rings. The number of nitrogens with one attached hydrogen (secondary N) is 1. The van der Waals surface area contributed by atoms with Crippen LogP contribution in [0.2, 0.25) is 0 Å². The van der Waals surface area contributed by atoms with Crippen molar-refractivity contribution in [2.75, 3.05) is 25.0 Å². The molecule has 0 radical (unpaired) electrons. The van der Waals surface area contributed by atoms with Crippen LogP contribution in [0, 0.1) is 19.8 Å². The standard InChI is InChI=1S/C18H24FN5O2S/c1-11-4-17(22-12(2)21-11)26-10-14-5-15(19)8-24(7-14)9-16-6-20-18(27-16)23-13(3)25/h4,6,14-15H,5,7-10H2,1-3H3,(H,20,23,25)/t14?,15-/m0/s1. The lowest BCUT2D eigenvalue weighted by Gasteiger charge is -2.34. The van der Waals surface area contributed by atoms with Crippen LogP contribution in [0.4, 0.5) is 9.52 Å². The number of thiazole rings is 1. The van der Waals surface area contributed by atoms with Crippen LogP contribution in [0.15, 0.2) is 12.3 Å². The van der Waals surface area contributed by atoms with E-state index in [-0.39, 0.29) is 11.8 Å². The van der Waals surface area contributed by atoms with Gasteiger partial charge in [-0.05, 0) is 20.3 Å². The fraction of sp³-hybridized carbons (Fsp3) is 0.556. The summed E-state index contributed by atoms with van der Waals surface area (Å²) in [6.45, 7) is 7.35. The molecular weight excluding hydrogens is 369 g/mol. The fourth-order valence-electron chi connectivity index (χ4n) is 3.25. The Bertz CT molecular complexity index is 780. The Labute approximate surface area is 162 Å². The number of carbonyl (C=O) groups is 1. The number of nitrogens with zero attached hydrogens (tertiary/aromatic N) is 4. The number of rotatable bonds is 6. The molecule has 1 aliphatic rings. The molecule has 1 N–H and O–H groups in total. The smallest absolute Gasteiger partial charge is 0.223 e. The van der Waals surface area contributed by atoms with Gasteiger partial charge in [0.1, 0.15) is 12.0 Å². The molecule has 3 heterocycles. The highest BCUT2D eigenvalue weighted by molar-refractivity contribution is 7.15. The summed E-state index contributed by atoms with van der Waals surface area (Å²) in [7, 11) is 0. The quantitative estimate of drug-likeness (QED) is 0.813. The third-order valence-electron chi connectivity index (χ3n) is 4.19. The van der Waals surface area contributed by atoms with Crippen molar-refractivity contribution >= 4 is 22.4 Å². The average Bonchev–Trinajstić information content (AvgIpc) is 2.97. The third kappa shape index (κ3) is 5.93. The average molecular weight is 393 g/mol. The van der Waals surface area contributed by atoms with Gasteiger partial charge in [0.2, 0.25) is 11.8 Å². The number of alkyl halides is 1. The lowest BCUT2D eigenvalue weighted by Crippen LogP contribution is -2.42. The first-order valence-electron chi connectivity index (χ1n) is 8.91. The van der Waals surface area contributed by atoms with E-state index < -0.39 is 6.17 Å². The van der Waals surface area contributed by atoms with Gasteiger partial charge in [-0.1, -0.05) is 0 Å². The number of hydrogen-bond acceptors (Lipinski definition) is 7. The molecule has 9 heteroatoms. The normalized spacial score (nSPS) is 20.4. The van der Waals surface area contributed by atoms with E-state index in [1.807, 2.05) is 13.8 Å². The summed E-state index contributed by atoms with van der Waals surface area (Å²) in [6, 6.07) is 1.79. The van der Waals surface area contributed by atoms with E-state index in [0.717, 1.165) is 17.1 Å². The molecule has 1 unspecified atom stereocenters. The predicted octanol–water partition coefficient (Wildman–Crippen LogP) is 2.75. The van der Waals surface area contributed by atoms with Crippen LogP contribution in [-0.4, -0.2) is 51.6 Å². The zero-order valence-electron chi connectivity index (χ0n) is 15.7. The van der Waals surface area contributed by atoms with E-state index in [1.165, 1.54) is 18.3 Å². The molecule has 1 aliphatic heterocycles. The molecule has 0 bridgehead atoms. The summed E-state index contributed by atoms with van der Waals surface area (Å²) >= 11 is 1.42. The topological polar surface area (TPSA) is 80.2 Å². The molecule has 146 valence electrons. The van der Waals surface area contributed by atoms with Crippen molar-refractivity contribution in [1.82, 2.24) is 19.9 Å². The molecule has 3 rings (SSSR count). The molecule has 0 saturated carbocycles. The molecule has 1 amide bonds. The van der Waals surface area contributed by atoms with Gasteiger partial charge in [-0.15, -0.1) is 11.3 Å². The maximum atomic E-state index is 14.2. The van der Waals surface area contributed by atoms with E-state index >= 15 is 0 Å². The molecule has 2 aromatic heterocycles. The molecule has 0 aliphatic carbocycles. The molecule has 2 atom stereocenters. The van der Waals surface area contributed by atoms with Crippen LogP contribution < -0.4 is 10.1 Å². The molecule has 27 heavy (non-hydrogen) atoms. The minimum Gasteiger partial charge on any atom is -0.477 e. The van der Waals surface area contributed by atoms with Gasteiger partial charge in [0.25, 0.3) is 0 Å². The number of piperidine rings is 1. The van der Waals surface area contributed by atoms with Gasteiger partial charge < -0.3 is 10.1 Å². The number of likely N-dealkylation sites (tertiary alicyclic amines) is 1. The summed E-state index contributed by atoms with van der Waals surface area (Å²) in [5.74, 6) is 1.14. The van der Waals surface area contributed by atoms with Crippen LogP contribution in [0.25, 0.3) is 0 Å². The number of carbonyl (C=O) groups excluding carboxylic acids is 1. The lowest BCUT2D eigenvalue weighted by molar-refractivity contribution is -0.114. The molecule has 0 aromatic carbocycles. The summed E-state index contributed by atoms with van der Waals surface area (Å²) in [5.41, 5.74) is 0.853. The van der Waals surface area contributed by atoms with Crippen LogP contribution in [-0.2, 0) is 11.3 Å². The van der Waals surface area contributed by atoms with E-state index in [4.69, 9.17) is 4.74 Å². The van der Waals surface area contributed by atoms with Gasteiger partial charge in [0.15, 0.2) is 5.13 Å². The summed E-state index contributed by atoms with van der Waals surface area (Å²) < 4.78 is 20.0. The number of aryl methyl sites for hydroxylation is 2. The van der Waals surface area contributed by atoms with Gasteiger partial charge >= 0.3 is 0 Å². The Morgan fingerprint density at radius 2 is 2.22 bits per heavy atom. The first-order valence-corrected chi connectivity index (χ1v) is 9.73. The Morgan fingerprint density at radius 1 is 1.41 bits per heavy atom. The highest BCUT2D eigenvalue weighted by Crippen LogP contribution is 2.25. The number of ether oxygens (including phenoxy) is 1. The first kappa shape index (κ1) is 19.6. The number of hydrogen-bond donors (Lipinski definition) is 1. The zero-order valence-corrected chi connectivity index (χ0v) is 16.6. The van der Waals surface area contributed by atoms with Crippen molar-refractivity contribution in [3.05, 3.63) is 28.7 Å². The van der Waals surface area contributed by atoms with Crippen molar-refractivity contribution in [3.63, 3.8) is 0 Å². The van der Waals surface area contributed by atoms with Crippen molar-refractivity contribution in [2.24, 2.45) is 5.92 Å². The SMILES string of the molecule is CC(=O)Nc1ncc(CN2CC(COc3cc(C)nc(C)n3)C[C@H](F)C2)s1. The predicted molar refractivity (Wildman–Crippen MR) is 102 cm³/mol. The minimum absolute atomic E-state index is 0.0899. The first-order chi connectivity index (χ1) is 12.9. The van der Waals surface area contributed by atoms with Crippen LogP contribution in [0.1, 0.15) is 29.7 Å². The minimum atomic E-state index is -0.885. The molecule has 1 fully saturated rings. The van der Waals surface area contributed by atoms with Gasteiger partial charge in [0, 0.05) is 55.3 Å². The highest BCUT2D eigenvalue weighted by Gasteiger charge is 2.28. The summed E-state index contributed by atoms with van der Waals surface area (Å²) in [4.78, 5) is 26.8. The largest absolute Gasteiger partial charge is 0.477 e. The Kier molecular flexibility index (Phi) is 6.33. The Balaban J connectivity index is 1.55. The lowest BCUT2D eigenvalue weighted by atomic mass is 9.97. The number of anilines is 1. The zero-order chi connectivity index (χ0) is 19.4. The van der Waals surface area contributed by atoms with Gasteiger partial charge in [-0.3, -0.25) is 9.69 Å². The van der Waals surface area contributed by atoms with Crippen molar-refractivity contribution in [3.8, 4) is 5.88 Å². The van der Waals surface area contributed by atoms with Crippen molar-refractivity contribution in [1.29, 1.82) is 0 Å². The third-order valence-corrected chi connectivity index (χ3v) is 5.08. The van der Waals surface area contributed by atoms with Crippen molar-refractivity contribution in [2.45, 2.75) is 39.9 Å². The maximum Gasteiger partial charge on any atom is 0.223 e. The van der Waals surface area contributed by atoms with E-state index in [1.54, 1.807) is 12.3 Å². The molecule has 0 spiro atoms. The second kappa shape index (κ2) is 8.71. The van der Waals surface area contributed by atoms with Crippen LogP contribution in [0.5, 0.6) is 5.88 Å².